The molecule has 1 saturated carbocycles. The van der Waals surface area contributed by atoms with Gasteiger partial charge in [0, 0.05) is 31.9 Å². The van der Waals surface area contributed by atoms with E-state index in [2.05, 4.69) is 31.6 Å². The van der Waals surface area contributed by atoms with E-state index in [9.17, 15) is 4.79 Å². The summed E-state index contributed by atoms with van der Waals surface area (Å²) in [7, 11) is 1.93. The largest absolute Gasteiger partial charge is 0.341 e. The van der Waals surface area contributed by atoms with E-state index in [0.717, 1.165) is 35.2 Å². The molecule has 1 N–H and O–H groups in total. The maximum absolute atomic E-state index is 12.9. The molecule has 8 heteroatoms. The fourth-order valence-electron chi connectivity index (χ4n) is 4.30. The molecule has 1 aromatic carbocycles. The maximum Gasteiger partial charge on any atom is 0.231 e. The monoisotopic (exact) mass is 450 g/mol. The van der Waals surface area contributed by atoms with Crippen LogP contribution in [0.2, 0.25) is 0 Å². The number of rotatable bonds is 9. The van der Waals surface area contributed by atoms with E-state index in [1.165, 1.54) is 31.0 Å². The molecule has 2 heterocycles. The Kier molecular flexibility index (Phi) is 7.42. The van der Waals surface area contributed by atoms with Gasteiger partial charge < -0.3 is 14.5 Å². The Morgan fingerprint density at radius 2 is 2.03 bits per heavy atom. The van der Waals surface area contributed by atoms with Crippen LogP contribution >= 0.6 is 11.8 Å². The van der Waals surface area contributed by atoms with Gasteiger partial charge in [-0.05, 0) is 18.4 Å². The predicted molar refractivity (Wildman–Crippen MR) is 126 cm³/mol. The van der Waals surface area contributed by atoms with E-state index in [1.54, 1.807) is 6.20 Å². The summed E-state index contributed by atoms with van der Waals surface area (Å²) in [5.74, 6) is 2.46. The maximum atomic E-state index is 12.9. The zero-order chi connectivity index (χ0) is 22.3. The van der Waals surface area contributed by atoms with Crippen LogP contribution in [-0.4, -0.2) is 36.0 Å². The number of carbonyl (C=O) groups is 1. The van der Waals surface area contributed by atoms with Crippen LogP contribution in [0.1, 0.15) is 61.3 Å². The zero-order valence-corrected chi connectivity index (χ0v) is 19.3. The predicted octanol–water partition coefficient (Wildman–Crippen LogP) is 4.24. The first-order chi connectivity index (χ1) is 15.7. The summed E-state index contributed by atoms with van der Waals surface area (Å²) >= 11 is 1.42. The smallest absolute Gasteiger partial charge is 0.231 e. The molecule has 3 aromatic rings. The van der Waals surface area contributed by atoms with E-state index in [4.69, 9.17) is 0 Å². The highest BCUT2D eigenvalue weighted by Gasteiger charge is 2.24. The van der Waals surface area contributed by atoms with Gasteiger partial charge in [0.05, 0.1) is 5.75 Å². The van der Waals surface area contributed by atoms with Crippen molar-refractivity contribution in [3.05, 3.63) is 72.6 Å². The second kappa shape index (κ2) is 10.6. The molecule has 1 aliphatic rings. The van der Waals surface area contributed by atoms with Gasteiger partial charge in [-0.3, -0.25) is 4.79 Å². The van der Waals surface area contributed by atoms with Crippen LogP contribution in [0.3, 0.4) is 0 Å². The number of aryl methyl sites for hydroxylation is 1. The summed E-state index contributed by atoms with van der Waals surface area (Å²) in [5.41, 5.74) is 0.995. The number of imidazole rings is 1. The number of hydrogen-bond donors (Lipinski definition) is 1. The van der Waals surface area contributed by atoms with Crippen LogP contribution in [0.15, 0.2) is 60.5 Å². The topological polar surface area (TPSA) is 77.6 Å². The Hall–Kier alpha value is -2.87. The van der Waals surface area contributed by atoms with Crippen molar-refractivity contribution in [2.75, 3.05) is 5.75 Å². The first kappa shape index (κ1) is 22.3. The van der Waals surface area contributed by atoms with Crippen molar-refractivity contribution in [2.24, 2.45) is 7.05 Å². The molecule has 1 atom stereocenters. The first-order valence-corrected chi connectivity index (χ1v) is 12.1. The summed E-state index contributed by atoms with van der Waals surface area (Å²) in [6, 6.07) is 9.60. The molecule has 0 bridgehead atoms. The number of nitrogens with one attached hydrogen (secondary N) is 1. The van der Waals surface area contributed by atoms with Crippen LogP contribution in [0.25, 0.3) is 0 Å². The van der Waals surface area contributed by atoms with Gasteiger partial charge in [0.15, 0.2) is 5.16 Å². The molecule has 0 radical (unpaired) electrons. The molecule has 2 aromatic heterocycles. The lowest BCUT2D eigenvalue weighted by Gasteiger charge is -2.21. The molecule has 4 rings (SSSR count). The van der Waals surface area contributed by atoms with Gasteiger partial charge in [0.1, 0.15) is 17.7 Å². The van der Waals surface area contributed by atoms with E-state index in [-0.39, 0.29) is 17.7 Å². The molecule has 168 valence electrons. The van der Waals surface area contributed by atoms with Crippen LogP contribution in [0, 0.1) is 0 Å². The van der Waals surface area contributed by atoms with Crippen molar-refractivity contribution < 1.29 is 4.79 Å². The quantitative estimate of drug-likeness (QED) is 0.390. The number of amides is 1. The molecule has 0 aliphatic heterocycles. The van der Waals surface area contributed by atoms with E-state index in [0.29, 0.717) is 12.5 Å². The highest BCUT2D eigenvalue weighted by molar-refractivity contribution is 7.99. The van der Waals surface area contributed by atoms with Crippen molar-refractivity contribution in [3.63, 3.8) is 0 Å². The highest BCUT2D eigenvalue weighted by Crippen LogP contribution is 2.33. The average Bonchev–Trinajstić information content (AvgIpc) is 3.43. The molecule has 1 aliphatic carbocycles. The van der Waals surface area contributed by atoms with Gasteiger partial charge in [0.25, 0.3) is 0 Å². The number of hydrogen-bond acceptors (Lipinski definition) is 5. The number of carbonyl (C=O) groups excluding carboxylic acids is 1. The standard InChI is InChI=1S/C24H30N6OS/c1-3-15-30-22(19-12-8-5-9-13-19)27-28-24(30)32-17-20(31)26-21(18-10-6-4-7-11-18)23-25-14-16-29(23)2/h3-4,6-7,10-11,14,16,19,21H,1,5,8-9,12-13,15,17H2,2H3,(H,26,31). The number of allylic oxidation sites excluding steroid dienone is 1. The fourth-order valence-corrected chi connectivity index (χ4v) is 5.07. The van der Waals surface area contributed by atoms with Crippen LogP contribution < -0.4 is 5.32 Å². The molecule has 0 spiro atoms. The lowest BCUT2D eigenvalue weighted by atomic mass is 9.89. The van der Waals surface area contributed by atoms with Gasteiger partial charge >= 0.3 is 0 Å². The van der Waals surface area contributed by atoms with Gasteiger partial charge in [-0.15, -0.1) is 16.8 Å². The zero-order valence-electron chi connectivity index (χ0n) is 18.5. The van der Waals surface area contributed by atoms with Crippen LogP contribution in [0.5, 0.6) is 0 Å². The molecule has 1 amide bonds. The SMILES string of the molecule is C=CCn1c(SCC(=O)NC(c2ccccc2)c2nccn2C)nnc1C1CCCCC1. The normalized spacial score (nSPS) is 15.4. The lowest BCUT2D eigenvalue weighted by Crippen LogP contribution is -2.32. The van der Waals surface area contributed by atoms with Crippen molar-refractivity contribution in [2.45, 2.75) is 55.8 Å². The molecule has 1 unspecified atom stereocenters. The Balaban J connectivity index is 1.46. The van der Waals surface area contributed by atoms with Gasteiger partial charge in [0.2, 0.25) is 5.91 Å². The third-order valence-corrected chi connectivity index (χ3v) is 6.88. The molecule has 32 heavy (non-hydrogen) atoms. The number of nitrogens with zero attached hydrogens (tertiary/aromatic N) is 5. The third-order valence-electron chi connectivity index (χ3n) is 5.91. The van der Waals surface area contributed by atoms with Crippen LogP contribution in [-0.2, 0) is 18.4 Å². The third kappa shape index (κ3) is 5.12. The molecule has 0 saturated heterocycles. The van der Waals surface area contributed by atoms with E-state index < -0.39 is 0 Å². The van der Waals surface area contributed by atoms with Crippen LogP contribution in [0.4, 0.5) is 0 Å². The van der Waals surface area contributed by atoms with Crippen molar-refractivity contribution in [1.82, 2.24) is 29.6 Å². The highest BCUT2D eigenvalue weighted by atomic mass is 32.2. The Morgan fingerprint density at radius 3 is 2.72 bits per heavy atom. The van der Waals surface area contributed by atoms with Crippen molar-refractivity contribution in [1.29, 1.82) is 0 Å². The van der Waals surface area contributed by atoms with E-state index in [1.807, 2.05) is 54.2 Å². The summed E-state index contributed by atoms with van der Waals surface area (Å²) in [6.45, 7) is 4.55. The molecule has 7 nitrogen and oxygen atoms in total. The minimum Gasteiger partial charge on any atom is -0.341 e. The van der Waals surface area contributed by atoms with Gasteiger partial charge in [-0.2, -0.15) is 0 Å². The number of benzene rings is 1. The lowest BCUT2D eigenvalue weighted by molar-refractivity contribution is -0.119. The van der Waals surface area contributed by atoms with E-state index >= 15 is 0 Å². The molecular formula is C24H30N6OS. The molecular weight excluding hydrogens is 420 g/mol. The van der Waals surface area contributed by atoms with Crippen molar-refractivity contribution in [3.8, 4) is 0 Å². The minimum absolute atomic E-state index is 0.0702. The number of thioether (sulfide) groups is 1. The second-order valence-electron chi connectivity index (χ2n) is 8.17. The van der Waals surface area contributed by atoms with Crippen molar-refractivity contribution >= 4 is 17.7 Å². The summed E-state index contributed by atoms with van der Waals surface area (Å²) in [5, 5.41) is 12.8. The van der Waals surface area contributed by atoms with Gasteiger partial charge in [-0.25, -0.2) is 4.98 Å². The first-order valence-electron chi connectivity index (χ1n) is 11.2. The minimum atomic E-state index is -0.312. The second-order valence-corrected chi connectivity index (χ2v) is 9.11. The summed E-state index contributed by atoms with van der Waals surface area (Å²) in [6.07, 6.45) is 11.6. The average molecular weight is 451 g/mol. The summed E-state index contributed by atoms with van der Waals surface area (Å²) < 4.78 is 4.05. The Bertz CT molecular complexity index is 1040. The summed E-state index contributed by atoms with van der Waals surface area (Å²) in [4.78, 5) is 17.4. The molecule has 1 fully saturated rings. The fraction of sp³-hybridized carbons (Fsp3) is 0.417. The Labute approximate surface area is 193 Å². The Morgan fingerprint density at radius 1 is 1.25 bits per heavy atom. The number of aromatic nitrogens is 5. The van der Waals surface area contributed by atoms with Gasteiger partial charge in [-0.1, -0.05) is 67.4 Å².